The van der Waals surface area contributed by atoms with E-state index in [4.69, 9.17) is 0 Å². The van der Waals surface area contributed by atoms with Crippen LogP contribution in [0.3, 0.4) is 0 Å². The van der Waals surface area contributed by atoms with Gasteiger partial charge in [0.05, 0.1) is 4.92 Å². The molecule has 1 N–H and O–H groups in total. The van der Waals surface area contributed by atoms with Gasteiger partial charge in [-0.15, -0.1) is 0 Å². The molecule has 0 aromatic heterocycles. The summed E-state index contributed by atoms with van der Waals surface area (Å²) in [5, 5.41) is 14.6. The lowest BCUT2D eigenvalue weighted by Crippen LogP contribution is -2.49. The number of nitrogens with one attached hydrogen (secondary N) is 1. The Morgan fingerprint density at radius 2 is 2.14 bits per heavy atom. The van der Waals surface area contributed by atoms with Crippen LogP contribution >= 0.6 is 0 Å². The molecule has 21 heavy (non-hydrogen) atoms. The van der Waals surface area contributed by atoms with E-state index < -0.39 is 0 Å². The second-order valence-corrected chi connectivity index (χ2v) is 7.66. The maximum atomic E-state index is 10.9. The van der Waals surface area contributed by atoms with Crippen LogP contribution < -0.4 is 5.32 Å². The van der Waals surface area contributed by atoms with Crippen LogP contribution in [0.4, 0.5) is 5.69 Å². The Morgan fingerprint density at radius 3 is 2.76 bits per heavy atom. The third-order valence-electron chi connectivity index (χ3n) is 5.90. The number of hydrogen-bond donors (Lipinski definition) is 1. The van der Waals surface area contributed by atoms with E-state index in [0.29, 0.717) is 23.4 Å². The van der Waals surface area contributed by atoms with Crippen LogP contribution in [0.1, 0.15) is 45.6 Å². The maximum absolute atomic E-state index is 10.9. The average Bonchev–Trinajstić information content (AvgIpc) is 2.89. The first-order valence-electron chi connectivity index (χ1n) is 7.80. The van der Waals surface area contributed by atoms with E-state index in [0.717, 1.165) is 11.5 Å². The van der Waals surface area contributed by atoms with Crippen molar-refractivity contribution in [3.8, 4) is 0 Å². The molecule has 1 unspecified atom stereocenters. The normalized spacial score (nSPS) is 33.3. The highest BCUT2D eigenvalue weighted by Crippen LogP contribution is 2.62. The zero-order valence-corrected chi connectivity index (χ0v) is 13.1. The molecule has 3 rings (SSSR count). The van der Waals surface area contributed by atoms with E-state index in [1.807, 2.05) is 6.07 Å². The second-order valence-electron chi connectivity index (χ2n) is 7.66. The van der Waals surface area contributed by atoms with Crippen LogP contribution in [0, 0.1) is 26.9 Å². The van der Waals surface area contributed by atoms with Gasteiger partial charge >= 0.3 is 0 Å². The van der Waals surface area contributed by atoms with Gasteiger partial charge in [0.15, 0.2) is 0 Å². The van der Waals surface area contributed by atoms with Gasteiger partial charge < -0.3 is 5.32 Å². The van der Waals surface area contributed by atoms with Crippen molar-refractivity contribution in [3.05, 3.63) is 39.9 Å². The zero-order valence-electron chi connectivity index (χ0n) is 13.1. The van der Waals surface area contributed by atoms with E-state index in [9.17, 15) is 10.1 Å². The van der Waals surface area contributed by atoms with Crippen molar-refractivity contribution in [1.82, 2.24) is 5.32 Å². The summed E-state index contributed by atoms with van der Waals surface area (Å²) in [4.78, 5) is 10.5. The quantitative estimate of drug-likeness (QED) is 0.675. The van der Waals surface area contributed by atoms with Crippen LogP contribution in [0.5, 0.6) is 0 Å². The lowest BCUT2D eigenvalue weighted by atomic mass is 9.68. The highest BCUT2D eigenvalue weighted by atomic mass is 16.6. The van der Waals surface area contributed by atoms with Crippen molar-refractivity contribution in [1.29, 1.82) is 0 Å². The highest BCUT2D eigenvalue weighted by molar-refractivity contribution is 5.34. The first-order chi connectivity index (χ1) is 9.83. The van der Waals surface area contributed by atoms with E-state index >= 15 is 0 Å². The molecule has 3 atom stereocenters. The molecule has 0 heterocycles. The fourth-order valence-corrected chi connectivity index (χ4v) is 4.81. The molecule has 0 amide bonds. The third kappa shape index (κ3) is 2.35. The topological polar surface area (TPSA) is 55.2 Å². The number of nitro benzene ring substituents is 1. The average molecular weight is 288 g/mol. The lowest BCUT2D eigenvalue weighted by Gasteiger charge is -2.43. The summed E-state index contributed by atoms with van der Waals surface area (Å²) in [5.74, 6) is 0.810. The first kappa shape index (κ1) is 14.5. The molecule has 4 nitrogen and oxygen atoms in total. The van der Waals surface area contributed by atoms with Gasteiger partial charge in [0.1, 0.15) is 0 Å². The van der Waals surface area contributed by atoms with E-state index in [1.165, 1.54) is 19.3 Å². The summed E-state index contributed by atoms with van der Waals surface area (Å²) in [6.07, 6.45) is 3.96. The molecule has 4 heteroatoms. The Balaban J connectivity index is 1.73. The molecule has 2 saturated carbocycles. The molecule has 114 valence electrons. The van der Waals surface area contributed by atoms with Crippen LogP contribution in [-0.4, -0.2) is 11.0 Å². The number of fused-ring (bicyclic) bond motifs is 2. The van der Waals surface area contributed by atoms with Gasteiger partial charge in [0, 0.05) is 24.7 Å². The molecule has 2 aliphatic carbocycles. The van der Waals surface area contributed by atoms with Crippen molar-refractivity contribution < 1.29 is 4.92 Å². The van der Waals surface area contributed by atoms with E-state index in [1.54, 1.807) is 18.2 Å². The number of rotatable bonds is 4. The predicted molar refractivity (Wildman–Crippen MR) is 83.0 cm³/mol. The van der Waals surface area contributed by atoms with Crippen LogP contribution in [-0.2, 0) is 6.54 Å². The van der Waals surface area contributed by atoms with Gasteiger partial charge in [-0.2, -0.15) is 0 Å². The molecule has 1 aromatic rings. The maximum Gasteiger partial charge on any atom is 0.269 e. The summed E-state index contributed by atoms with van der Waals surface area (Å²) in [6.45, 7) is 7.84. The summed E-state index contributed by atoms with van der Waals surface area (Å²) in [7, 11) is 0. The van der Waals surface area contributed by atoms with Crippen molar-refractivity contribution >= 4 is 5.69 Å². The van der Waals surface area contributed by atoms with Crippen molar-refractivity contribution in [3.63, 3.8) is 0 Å². The van der Waals surface area contributed by atoms with Gasteiger partial charge in [0.2, 0.25) is 0 Å². The summed E-state index contributed by atoms with van der Waals surface area (Å²) >= 11 is 0. The molecule has 0 radical (unpaired) electrons. The van der Waals surface area contributed by atoms with Gasteiger partial charge in [0.25, 0.3) is 5.69 Å². The molecule has 2 bridgehead atoms. The number of non-ortho nitro benzene ring substituents is 1. The second kappa shape index (κ2) is 4.80. The molecule has 2 fully saturated rings. The van der Waals surface area contributed by atoms with Crippen LogP contribution in [0.15, 0.2) is 24.3 Å². The van der Waals surface area contributed by atoms with E-state index in [2.05, 4.69) is 26.1 Å². The van der Waals surface area contributed by atoms with Crippen LogP contribution in [0.25, 0.3) is 0 Å². The Bertz CT molecular complexity index is 565. The molecule has 0 spiro atoms. The molecule has 2 aliphatic rings. The van der Waals surface area contributed by atoms with Crippen molar-refractivity contribution in [2.45, 2.75) is 52.6 Å². The Hall–Kier alpha value is -1.42. The SMILES string of the molecule is CC1(C)C(NCc2cccc([N+](=O)[O-])c2)[C@]2(C)CC[C@H]1C2. The Morgan fingerprint density at radius 1 is 1.38 bits per heavy atom. The predicted octanol–water partition coefficient (Wildman–Crippen LogP) is 3.90. The van der Waals surface area contributed by atoms with Crippen molar-refractivity contribution in [2.24, 2.45) is 16.7 Å². The Kier molecular flexibility index (Phi) is 3.32. The van der Waals surface area contributed by atoms with Gasteiger partial charge in [-0.3, -0.25) is 10.1 Å². The summed E-state index contributed by atoms with van der Waals surface area (Å²) < 4.78 is 0. The molecule has 0 aliphatic heterocycles. The molecular formula is C17H24N2O2. The fraction of sp³-hybridized carbons (Fsp3) is 0.647. The monoisotopic (exact) mass is 288 g/mol. The minimum absolute atomic E-state index is 0.174. The summed E-state index contributed by atoms with van der Waals surface area (Å²) in [6, 6.07) is 7.44. The van der Waals surface area contributed by atoms with Crippen molar-refractivity contribution in [2.75, 3.05) is 0 Å². The smallest absolute Gasteiger partial charge is 0.269 e. The minimum Gasteiger partial charge on any atom is -0.309 e. The van der Waals surface area contributed by atoms with E-state index in [-0.39, 0.29) is 10.6 Å². The first-order valence-corrected chi connectivity index (χ1v) is 7.80. The fourth-order valence-electron chi connectivity index (χ4n) is 4.81. The number of benzene rings is 1. The summed E-state index contributed by atoms with van der Waals surface area (Å²) in [5.41, 5.74) is 1.86. The molecule has 0 saturated heterocycles. The molecule has 1 aromatic carbocycles. The highest BCUT2D eigenvalue weighted by Gasteiger charge is 2.58. The Labute approximate surface area is 126 Å². The number of nitro groups is 1. The zero-order chi connectivity index (χ0) is 15.3. The minimum atomic E-state index is -0.327. The third-order valence-corrected chi connectivity index (χ3v) is 5.90. The number of nitrogens with zero attached hydrogens (tertiary/aromatic N) is 1. The number of hydrogen-bond acceptors (Lipinski definition) is 3. The largest absolute Gasteiger partial charge is 0.309 e. The molecular weight excluding hydrogens is 264 g/mol. The van der Waals surface area contributed by atoms with Gasteiger partial charge in [-0.05, 0) is 41.6 Å². The van der Waals surface area contributed by atoms with Gasteiger partial charge in [-0.1, -0.05) is 32.9 Å². The van der Waals surface area contributed by atoms with Gasteiger partial charge in [-0.25, -0.2) is 0 Å². The standard InChI is InChI=1S/C17H24N2O2/c1-16(2)13-7-8-17(3,10-13)15(16)18-11-12-5-4-6-14(9-12)19(20)21/h4-6,9,13,15,18H,7-8,10-11H2,1-3H3/t13-,15?,17+/m0/s1. The lowest BCUT2D eigenvalue weighted by molar-refractivity contribution is -0.384. The van der Waals surface area contributed by atoms with Crippen LogP contribution in [0.2, 0.25) is 0 Å².